The van der Waals surface area contributed by atoms with Gasteiger partial charge in [-0.05, 0) is 73.5 Å². The van der Waals surface area contributed by atoms with Crippen molar-refractivity contribution in [2.75, 3.05) is 37.7 Å². The second-order valence-corrected chi connectivity index (χ2v) is 11.8. The quantitative estimate of drug-likeness (QED) is 0.229. The van der Waals surface area contributed by atoms with Crippen molar-refractivity contribution in [2.24, 2.45) is 0 Å². The van der Waals surface area contributed by atoms with Crippen LogP contribution in [0.15, 0.2) is 60.7 Å². The van der Waals surface area contributed by atoms with Crippen LogP contribution in [0, 0.1) is 5.82 Å². The molecule has 2 aliphatic rings. The highest BCUT2D eigenvalue weighted by Crippen LogP contribution is 2.41. The van der Waals surface area contributed by atoms with Gasteiger partial charge < -0.3 is 29.7 Å². The van der Waals surface area contributed by atoms with Crippen LogP contribution in [0.5, 0.6) is 11.5 Å². The molecule has 5 rings (SSSR count). The molecule has 48 heavy (non-hydrogen) atoms. The summed E-state index contributed by atoms with van der Waals surface area (Å²) in [6.07, 6.45) is -0.0300. The largest absolute Gasteiger partial charge is 0.493 e. The van der Waals surface area contributed by atoms with Gasteiger partial charge in [0, 0.05) is 43.7 Å². The molecule has 2 saturated heterocycles. The Labute approximate surface area is 277 Å². The van der Waals surface area contributed by atoms with Crippen molar-refractivity contribution in [2.45, 2.75) is 51.3 Å². The van der Waals surface area contributed by atoms with Crippen LogP contribution in [0.25, 0.3) is 11.1 Å². The predicted octanol–water partition coefficient (Wildman–Crippen LogP) is 4.94. The molecule has 13 heteroatoms. The Bertz CT molecular complexity index is 1630. The number of rotatable bonds is 13. The number of ether oxygens (including phenoxy) is 3. The standard InChI is InChI=1S/C35H38FN3O9/c1-3-46-28-17-22(18-29(47-4-2)31(28)23-5-9-25(36)10-6-23)20-38-15-13-35(14-16-38)21-39(34(45)48-35)26-11-7-24(8-12-26)32(42)37-27(33(43)44)19-30(40)41/h5-12,17-18,27H,3-4,13-16,19-21H2,1-2H3,(H,37,42)(H,40,41)(H,43,44)/t27-/m0/s1. The third-order valence-corrected chi connectivity index (χ3v) is 8.43. The second kappa shape index (κ2) is 14.7. The third kappa shape index (κ3) is 7.85. The zero-order chi connectivity index (χ0) is 34.4. The molecule has 2 amide bonds. The molecule has 3 aromatic rings. The van der Waals surface area contributed by atoms with Crippen LogP contribution in [0.1, 0.15) is 49.0 Å². The molecular formula is C35H38FN3O9. The van der Waals surface area contributed by atoms with Gasteiger partial charge in [-0.3, -0.25) is 19.4 Å². The normalized spacial score (nSPS) is 16.3. The number of likely N-dealkylation sites (tertiary alicyclic amines) is 1. The second-order valence-electron chi connectivity index (χ2n) is 11.8. The Balaban J connectivity index is 1.23. The minimum atomic E-state index is -1.58. The summed E-state index contributed by atoms with van der Waals surface area (Å²) >= 11 is 0. The zero-order valence-electron chi connectivity index (χ0n) is 26.7. The summed E-state index contributed by atoms with van der Waals surface area (Å²) in [5.74, 6) is -2.56. The molecule has 3 N–H and O–H groups in total. The van der Waals surface area contributed by atoms with E-state index in [1.807, 2.05) is 26.0 Å². The van der Waals surface area contributed by atoms with E-state index in [0.29, 0.717) is 69.4 Å². The van der Waals surface area contributed by atoms with Crippen LogP contribution in [0.2, 0.25) is 0 Å². The number of amides is 2. The molecule has 0 aromatic heterocycles. The Morgan fingerprint density at radius 1 is 0.958 bits per heavy atom. The van der Waals surface area contributed by atoms with Crippen LogP contribution >= 0.6 is 0 Å². The first-order chi connectivity index (χ1) is 23.0. The van der Waals surface area contributed by atoms with Crippen molar-refractivity contribution in [1.29, 1.82) is 0 Å². The lowest BCUT2D eigenvalue weighted by Gasteiger charge is -2.37. The Kier molecular flexibility index (Phi) is 10.5. The summed E-state index contributed by atoms with van der Waals surface area (Å²) < 4.78 is 31.6. The summed E-state index contributed by atoms with van der Waals surface area (Å²) in [6.45, 7) is 7.02. The Morgan fingerprint density at radius 2 is 1.56 bits per heavy atom. The highest BCUT2D eigenvalue weighted by atomic mass is 19.1. The van der Waals surface area contributed by atoms with E-state index in [0.717, 1.165) is 16.7 Å². The number of nitrogens with one attached hydrogen (secondary N) is 1. The number of hydrogen-bond acceptors (Lipinski definition) is 8. The molecule has 2 heterocycles. The van der Waals surface area contributed by atoms with E-state index in [9.17, 15) is 28.7 Å². The maximum atomic E-state index is 13.6. The number of carboxylic acid groups (broad SMARTS) is 2. The lowest BCUT2D eigenvalue weighted by molar-refractivity contribution is -0.145. The van der Waals surface area contributed by atoms with Crippen LogP contribution in [0.4, 0.5) is 14.9 Å². The fourth-order valence-electron chi connectivity index (χ4n) is 6.04. The number of hydrogen-bond donors (Lipinski definition) is 3. The lowest BCUT2D eigenvalue weighted by atomic mass is 9.91. The zero-order valence-corrected chi connectivity index (χ0v) is 26.7. The van der Waals surface area contributed by atoms with Gasteiger partial charge in [0.15, 0.2) is 0 Å². The van der Waals surface area contributed by atoms with Crippen molar-refractivity contribution >= 4 is 29.6 Å². The summed E-state index contributed by atoms with van der Waals surface area (Å²) in [7, 11) is 0. The van der Waals surface area contributed by atoms with Crippen molar-refractivity contribution in [3.63, 3.8) is 0 Å². The number of carbonyl (C=O) groups excluding carboxylic acids is 2. The van der Waals surface area contributed by atoms with Crippen LogP contribution < -0.4 is 19.7 Å². The van der Waals surface area contributed by atoms with E-state index in [4.69, 9.17) is 19.3 Å². The molecule has 0 bridgehead atoms. The summed E-state index contributed by atoms with van der Waals surface area (Å²) in [4.78, 5) is 51.5. The van der Waals surface area contributed by atoms with Crippen molar-refractivity contribution < 1.29 is 48.0 Å². The van der Waals surface area contributed by atoms with E-state index in [1.54, 1.807) is 24.3 Å². The fourth-order valence-corrected chi connectivity index (χ4v) is 6.04. The van der Waals surface area contributed by atoms with E-state index in [2.05, 4.69) is 10.2 Å². The van der Waals surface area contributed by atoms with Gasteiger partial charge >= 0.3 is 18.0 Å². The van der Waals surface area contributed by atoms with Gasteiger partial charge in [0.2, 0.25) is 0 Å². The van der Waals surface area contributed by atoms with Gasteiger partial charge in [-0.25, -0.2) is 14.0 Å². The number of carboxylic acids is 2. The highest BCUT2D eigenvalue weighted by Gasteiger charge is 2.47. The monoisotopic (exact) mass is 663 g/mol. The first-order valence-electron chi connectivity index (χ1n) is 15.8. The minimum absolute atomic E-state index is 0.122. The number of piperidine rings is 1. The molecular weight excluding hydrogens is 625 g/mol. The molecule has 0 unspecified atom stereocenters. The first kappa shape index (κ1) is 34.2. The van der Waals surface area contributed by atoms with Gasteiger partial charge in [-0.15, -0.1) is 0 Å². The lowest BCUT2D eigenvalue weighted by Crippen LogP contribution is -2.46. The van der Waals surface area contributed by atoms with Gasteiger partial charge in [0.25, 0.3) is 5.91 Å². The SMILES string of the molecule is CCOc1cc(CN2CCC3(CC2)CN(c2ccc(C(=O)N[C@@H](CC(=O)O)C(=O)O)cc2)C(=O)O3)cc(OCC)c1-c1ccc(F)cc1. The fraction of sp³-hybridized carbons (Fsp3) is 0.371. The number of anilines is 1. The third-order valence-electron chi connectivity index (χ3n) is 8.43. The van der Waals surface area contributed by atoms with Gasteiger partial charge in [0.1, 0.15) is 29.0 Å². The molecule has 2 fully saturated rings. The molecule has 3 aromatic carbocycles. The van der Waals surface area contributed by atoms with Gasteiger partial charge in [0.05, 0.1) is 31.7 Å². The van der Waals surface area contributed by atoms with Crippen molar-refractivity contribution in [1.82, 2.24) is 10.2 Å². The molecule has 1 atom stereocenters. The molecule has 2 aliphatic heterocycles. The average molecular weight is 664 g/mol. The number of nitrogens with zero attached hydrogens (tertiary/aromatic N) is 2. The summed E-state index contributed by atoms with van der Waals surface area (Å²) in [5.41, 5.74) is 2.53. The number of halogens is 1. The molecule has 0 radical (unpaired) electrons. The summed E-state index contributed by atoms with van der Waals surface area (Å²) in [5, 5.41) is 20.3. The smallest absolute Gasteiger partial charge is 0.415 e. The summed E-state index contributed by atoms with van der Waals surface area (Å²) in [6, 6.07) is 14.7. The number of aliphatic carboxylic acids is 2. The Hall–Kier alpha value is -5.17. The van der Waals surface area contributed by atoms with Crippen molar-refractivity contribution in [3.8, 4) is 22.6 Å². The molecule has 0 saturated carbocycles. The van der Waals surface area contributed by atoms with E-state index in [1.165, 1.54) is 29.2 Å². The maximum Gasteiger partial charge on any atom is 0.415 e. The first-order valence-corrected chi connectivity index (χ1v) is 15.8. The molecule has 1 spiro atoms. The topological polar surface area (TPSA) is 155 Å². The van der Waals surface area contributed by atoms with E-state index in [-0.39, 0.29) is 11.4 Å². The Morgan fingerprint density at radius 3 is 2.10 bits per heavy atom. The number of benzene rings is 3. The van der Waals surface area contributed by atoms with Crippen LogP contribution in [-0.4, -0.2) is 83.5 Å². The molecule has 0 aliphatic carbocycles. The van der Waals surface area contributed by atoms with Crippen LogP contribution in [-0.2, 0) is 20.9 Å². The molecule has 12 nitrogen and oxygen atoms in total. The molecule has 254 valence electrons. The van der Waals surface area contributed by atoms with Crippen LogP contribution in [0.3, 0.4) is 0 Å². The average Bonchev–Trinajstić information content (AvgIpc) is 3.37. The number of carbonyl (C=O) groups is 4. The maximum absolute atomic E-state index is 13.6. The minimum Gasteiger partial charge on any atom is -0.493 e. The highest BCUT2D eigenvalue weighted by molar-refractivity contribution is 5.98. The van der Waals surface area contributed by atoms with Crippen molar-refractivity contribution in [3.05, 3.63) is 77.6 Å². The van der Waals surface area contributed by atoms with E-state index >= 15 is 0 Å². The predicted molar refractivity (Wildman–Crippen MR) is 173 cm³/mol. The van der Waals surface area contributed by atoms with Gasteiger partial charge in [-0.2, -0.15) is 0 Å². The van der Waals surface area contributed by atoms with Gasteiger partial charge in [-0.1, -0.05) is 12.1 Å². The van der Waals surface area contributed by atoms with E-state index < -0.39 is 42.0 Å².